The summed E-state index contributed by atoms with van der Waals surface area (Å²) in [7, 11) is 0. The second-order valence-electron chi connectivity index (χ2n) is 10.5. The monoisotopic (exact) mass is 648 g/mol. The number of ether oxygens (including phenoxy) is 1. The van der Waals surface area contributed by atoms with Gasteiger partial charge in [0.05, 0.1) is 65.1 Å². The molecule has 3 aromatic heterocycles. The van der Waals surface area contributed by atoms with Crippen LogP contribution in [0.25, 0.3) is 34.2 Å². The minimum atomic E-state index is -4.94. The van der Waals surface area contributed by atoms with Gasteiger partial charge in [-0.3, -0.25) is 4.79 Å². The number of aromatic nitrogens is 7. The van der Waals surface area contributed by atoms with E-state index in [0.717, 1.165) is 16.8 Å². The molecule has 0 radical (unpaired) electrons. The van der Waals surface area contributed by atoms with E-state index in [-0.39, 0.29) is 45.5 Å². The van der Waals surface area contributed by atoms with Gasteiger partial charge in [-0.15, -0.1) is 10.2 Å². The van der Waals surface area contributed by atoms with Crippen molar-refractivity contribution in [3.05, 3.63) is 88.7 Å². The maximum atomic E-state index is 13.6. The Balaban J connectivity index is 1.40. The topological polar surface area (TPSA) is 178 Å². The van der Waals surface area contributed by atoms with Crippen molar-refractivity contribution >= 4 is 17.8 Å². The van der Waals surface area contributed by atoms with Gasteiger partial charge in [0.1, 0.15) is 11.4 Å². The van der Waals surface area contributed by atoms with Crippen LogP contribution in [-0.2, 0) is 10.9 Å². The van der Waals surface area contributed by atoms with Crippen LogP contribution in [0.3, 0.4) is 0 Å². The van der Waals surface area contributed by atoms with Crippen molar-refractivity contribution in [1.29, 1.82) is 0 Å². The zero-order chi connectivity index (χ0) is 33.5. The number of aromatic carboxylic acids is 2. The SMILES string of the molecule is Cc1cc(-n2cc(-c3cc(C(=O)N4CCOCC4)cc(-c4cn(-c5ccc(C(=O)O)c(C(F)(F)F)c5)nn4)n3)nn2)ccc1C(=O)O. The number of aryl methyl sites for hydroxylation is 1. The van der Waals surface area contributed by atoms with Crippen LogP contribution >= 0.6 is 0 Å². The standard InChI is InChI=1S/C30H23F3N8O6/c1-16-10-18(2-4-20(16)28(43)44)40-14-25(35-37-40)23-11-17(27(42)39-6-8-47-9-7-39)12-24(34-23)26-15-41(38-36-26)19-3-5-21(29(45)46)22(13-19)30(31,32)33/h2-5,10-15H,6-9H2,1H3,(H,43,44)(H,45,46). The molecule has 0 unspecified atom stereocenters. The van der Waals surface area contributed by atoms with Crippen molar-refractivity contribution in [3.8, 4) is 34.2 Å². The lowest BCUT2D eigenvalue weighted by atomic mass is 10.1. The summed E-state index contributed by atoms with van der Waals surface area (Å²) in [5.41, 5.74) is -0.232. The highest BCUT2D eigenvalue weighted by atomic mass is 19.4. The lowest BCUT2D eigenvalue weighted by Gasteiger charge is -2.27. The molecule has 2 N–H and O–H groups in total. The third-order valence-electron chi connectivity index (χ3n) is 7.39. The number of hydrogen-bond acceptors (Lipinski definition) is 9. The second kappa shape index (κ2) is 12.1. The molecule has 14 nitrogen and oxygen atoms in total. The zero-order valence-corrected chi connectivity index (χ0v) is 24.3. The Morgan fingerprint density at radius 1 is 0.766 bits per heavy atom. The van der Waals surface area contributed by atoms with E-state index in [4.69, 9.17) is 4.74 Å². The van der Waals surface area contributed by atoms with Gasteiger partial charge in [-0.1, -0.05) is 10.4 Å². The number of amides is 1. The average Bonchev–Trinajstić information content (AvgIpc) is 3.75. The lowest BCUT2D eigenvalue weighted by Crippen LogP contribution is -2.40. The maximum Gasteiger partial charge on any atom is 0.417 e. The first-order valence-corrected chi connectivity index (χ1v) is 13.9. The number of carboxylic acid groups (broad SMARTS) is 2. The molecule has 0 bridgehead atoms. The van der Waals surface area contributed by atoms with Gasteiger partial charge in [-0.05, 0) is 61.0 Å². The Bertz CT molecular complexity index is 2030. The number of pyridine rings is 1. The van der Waals surface area contributed by atoms with Gasteiger partial charge in [0, 0.05) is 18.7 Å². The molecule has 2 aromatic carbocycles. The van der Waals surface area contributed by atoms with Crippen molar-refractivity contribution in [2.75, 3.05) is 26.3 Å². The number of carbonyl (C=O) groups is 3. The summed E-state index contributed by atoms with van der Waals surface area (Å²) in [6, 6.07) is 10.3. The number of nitrogens with zero attached hydrogens (tertiary/aromatic N) is 8. The Morgan fingerprint density at radius 3 is 1.81 bits per heavy atom. The van der Waals surface area contributed by atoms with Crippen LogP contribution in [0.15, 0.2) is 60.9 Å². The number of benzene rings is 2. The van der Waals surface area contributed by atoms with E-state index in [1.165, 1.54) is 29.1 Å². The van der Waals surface area contributed by atoms with Crippen LogP contribution in [0, 0.1) is 6.92 Å². The first-order valence-electron chi connectivity index (χ1n) is 13.9. The van der Waals surface area contributed by atoms with E-state index in [1.807, 2.05) is 0 Å². The third-order valence-corrected chi connectivity index (χ3v) is 7.39. The van der Waals surface area contributed by atoms with Crippen molar-refractivity contribution in [2.24, 2.45) is 0 Å². The van der Waals surface area contributed by atoms with Crippen LogP contribution in [0.4, 0.5) is 13.2 Å². The van der Waals surface area contributed by atoms with Crippen molar-refractivity contribution in [1.82, 2.24) is 39.9 Å². The Hall–Kier alpha value is -5.97. The van der Waals surface area contributed by atoms with E-state index < -0.39 is 29.2 Å². The fraction of sp³-hybridized carbons (Fsp3) is 0.200. The Labute approximate surface area is 262 Å². The number of carboxylic acids is 2. The molecule has 1 saturated heterocycles. The van der Waals surface area contributed by atoms with Crippen molar-refractivity contribution < 1.29 is 42.5 Å². The van der Waals surface area contributed by atoms with Crippen LogP contribution in [0.2, 0.25) is 0 Å². The van der Waals surface area contributed by atoms with Gasteiger partial charge in [0.25, 0.3) is 5.91 Å². The average molecular weight is 649 g/mol. The van der Waals surface area contributed by atoms with E-state index in [9.17, 15) is 37.8 Å². The van der Waals surface area contributed by atoms with E-state index >= 15 is 0 Å². The van der Waals surface area contributed by atoms with Crippen LogP contribution in [-0.4, -0.2) is 94.2 Å². The van der Waals surface area contributed by atoms with Gasteiger partial charge < -0.3 is 19.8 Å². The molecule has 17 heteroatoms. The largest absolute Gasteiger partial charge is 0.478 e. The molecule has 1 fully saturated rings. The molecule has 0 saturated carbocycles. The molecule has 1 amide bonds. The molecular weight excluding hydrogens is 625 g/mol. The van der Waals surface area contributed by atoms with Gasteiger partial charge in [-0.2, -0.15) is 13.2 Å². The predicted octanol–water partition coefficient (Wildman–Crippen LogP) is 3.77. The smallest absolute Gasteiger partial charge is 0.417 e. The molecule has 47 heavy (non-hydrogen) atoms. The predicted molar refractivity (Wildman–Crippen MR) is 155 cm³/mol. The van der Waals surface area contributed by atoms with Gasteiger partial charge in [0.2, 0.25) is 0 Å². The highest BCUT2D eigenvalue weighted by Crippen LogP contribution is 2.34. The number of halogens is 3. The van der Waals surface area contributed by atoms with E-state index in [0.29, 0.717) is 43.6 Å². The summed E-state index contributed by atoms with van der Waals surface area (Å²) in [5, 5.41) is 34.9. The van der Waals surface area contributed by atoms with Crippen LogP contribution < -0.4 is 0 Å². The van der Waals surface area contributed by atoms with Gasteiger partial charge in [0.15, 0.2) is 0 Å². The first-order chi connectivity index (χ1) is 22.4. The fourth-order valence-electron chi connectivity index (χ4n) is 5.01. The van der Waals surface area contributed by atoms with Crippen LogP contribution in [0.1, 0.15) is 42.2 Å². The number of carbonyl (C=O) groups excluding carboxylic acids is 1. The first kappa shape index (κ1) is 31.0. The highest BCUT2D eigenvalue weighted by Gasteiger charge is 2.36. The van der Waals surface area contributed by atoms with Crippen molar-refractivity contribution in [3.63, 3.8) is 0 Å². The summed E-state index contributed by atoms with van der Waals surface area (Å²) >= 11 is 0. The molecule has 0 aliphatic carbocycles. The number of alkyl halides is 3. The number of rotatable bonds is 7. The highest BCUT2D eigenvalue weighted by molar-refractivity contribution is 5.96. The number of morpholine rings is 1. The van der Waals surface area contributed by atoms with Gasteiger partial charge in [-0.25, -0.2) is 23.9 Å². The quantitative estimate of drug-likeness (QED) is 0.262. The summed E-state index contributed by atoms with van der Waals surface area (Å²) in [4.78, 5) is 42.5. The number of hydrogen-bond donors (Lipinski definition) is 2. The molecule has 4 heterocycles. The normalized spacial score (nSPS) is 13.5. The summed E-state index contributed by atoms with van der Waals surface area (Å²) in [6.07, 6.45) is -2.09. The van der Waals surface area contributed by atoms with Crippen molar-refractivity contribution in [2.45, 2.75) is 13.1 Å². The van der Waals surface area contributed by atoms with Crippen LogP contribution in [0.5, 0.6) is 0 Å². The molecule has 1 aliphatic rings. The molecule has 5 aromatic rings. The molecule has 240 valence electrons. The summed E-state index contributed by atoms with van der Waals surface area (Å²) < 4.78 is 48.7. The lowest BCUT2D eigenvalue weighted by molar-refractivity contribution is -0.138. The minimum absolute atomic E-state index is 0.103. The Kier molecular flexibility index (Phi) is 7.98. The Morgan fingerprint density at radius 2 is 1.30 bits per heavy atom. The molecule has 1 aliphatic heterocycles. The van der Waals surface area contributed by atoms with E-state index in [1.54, 1.807) is 30.2 Å². The van der Waals surface area contributed by atoms with Gasteiger partial charge >= 0.3 is 18.1 Å². The molecule has 0 spiro atoms. The zero-order valence-electron chi connectivity index (χ0n) is 24.3. The fourth-order valence-corrected chi connectivity index (χ4v) is 5.01. The maximum absolute atomic E-state index is 13.6. The minimum Gasteiger partial charge on any atom is -0.478 e. The van der Waals surface area contributed by atoms with E-state index in [2.05, 4.69) is 25.6 Å². The molecule has 6 rings (SSSR count). The molecule has 0 atom stereocenters. The second-order valence-corrected chi connectivity index (χ2v) is 10.5. The molecular formula is C30H23F3N8O6. The summed E-state index contributed by atoms with van der Waals surface area (Å²) in [5.74, 6) is -3.12. The third kappa shape index (κ3) is 6.28. The summed E-state index contributed by atoms with van der Waals surface area (Å²) in [6.45, 7) is 3.09.